The van der Waals surface area contributed by atoms with E-state index < -0.39 is 0 Å². The van der Waals surface area contributed by atoms with Gasteiger partial charge in [0.05, 0.1) is 22.3 Å². The lowest BCUT2D eigenvalue weighted by atomic mass is 10.1. The molecule has 0 saturated carbocycles. The van der Waals surface area contributed by atoms with Crippen molar-refractivity contribution in [3.8, 4) is 0 Å². The van der Waals surface area contributed by atoms with Gasteiger partial charge in [0, 0.05) is 37.4 Å². The lowest BCUT2D eigenvalue weighted by Crippen LogP contribution is -2.32. The van der Waals surface area contributed by atoms with Crippen LogP contribution < -0.4 is 5.32 Å². The van der Waals surface area contributed by atoms with Crippen LogP contribution in [0.1, 0.15) is 32.2 Å². The van der Waals surface area contributed by atoms with E-state index in [0.29, 0.717) is 6.04 Å². The Morgan fingerprint density at radius 2 is 2.32 bits per heavy atom. The van der Waals surface area contributed by atoms with E-state index >= 15 is 0 Å². The minimum absolute atomic E-state index is 0.295. The average Bonchev–Trinajstić information content (AvgIpc) is 3.03. The predicted octanol–water partition coefficient (Wildman–Crippen LogP) is 1.62. The summed E-state index contributed by atoms with van der Waals surface area (Å²) < 4.78 is 0. The molecule has 1 unspecified atom stereocenters. The summed E-state index contributed by atoms with van der Waals surface area (Å²) in [5.74, 6) is 0. The number of aromatic nitrogens is 2. The Hall–Kier alpha value is -0.820. The summed E-state index contributed by atoms with van der Waals surface area (Å²) in [6.07, 6.45) is 2.10. The second kappa shape index (κ2) is 4.63. The van der Waals surface area contributed by atoms with Crippen LogP contribution in [0, 0.1) is 5.51 Å². The molecular weight excluding hydrogens is 276 g/mol. The first-order valence-electron chi connectivity index (χ1n) is 6.58. The third-order valence-electron chi connectivity index (χ3n) is 3.86. The average molecular weight is 291 g/mol. The number of likely N-dealkylation sites (N-methyl/N-ethyl adjacent to an activating group) is 1. The van der Waals surface area contributed by atoms with Crippen molar-refractivity contribution in [2.45, 2.75) is 25.4 Å². The van der Waals surface area contributed by atoms with Gasteiger partial charge in [0.25, 0.3) is 0 Å². The summed E-state index contributed by atoms with van der Waals surface area (Å²) in [7, 11) is 2.19. The Morgan fingerprint density at radius 1 is 1.37 bits per heavy atom. The Labute approximate surface area is 120 Å². The normalized spacial score (nSPS) is 23.1. The van der Waals surface area contributed by atoms with E-state index in [1.807, 2.05) is 11.3 Å². The fraction of sp³-hybridized carbons (Fsp3) is 0.538. The van der Waals surface area contributed by atoms with Gasteiger partial charge in [-0.2, -0.15) is 0 Å². The van der Waals surface area contributed by atoms with Crippen molar-refractivity contribution >= 4 is 22.7 Å². The topological polar surface area (TPSA) is 41.1 Å². The molecule has 0 saturated heterocycles. The van der Waals surface area contributed by atoms with Crippen LogP contribution in [0.15, 0.2) is 0 Å². The lowest BCUT2D eigenvalue weighted by Gasteiger charge is -2.30. The second-order valence-electron chi connectivity index (χ2n) is 5.10. The van der Waals surface area contributed by atoms with Crippen LogP contribution in [-0.4, -0.2) is 35.0 Å². The number of fused-ring (bicyclic) bond motifs is 2. The molecule has 4 nitrogen and oxygen atoms in total. The van der Waals surface area contributed by atoms with Gasteiger partial charge in [0.1, 0.15) is 5.01 Å². The van der Waals surface area contributed by atoms with Crippen LogP contribution in [0.5, 0.6) is 0 Å². The van der Waals surface area contributed by atoms with E-state index in [2.05, 4.69) is 27.8 Å². The molecule has 4 rings (SSSR count). The van der Waals surface area contributed by atoms with Gasteiger partial charge in [-0.15, -0.1) is 22.7 Å². The van der Waals surface area contributed by atoms with Gasteiger partial charge in [-0.3, -0.25) is 4.90 Å². The quantitative estimate of drug-likeness (QED) is 0.867. The summed E-state index contributed by atoms with van der Waals surface area (Å²) in [5, 5.41) is 4.65. The molecule has 19 heavy (non-hydrogen) atoms. The monoisotopic (exact) mass is 291 g/mol. The standard InChI is InChI=1S/C13H15N4S2/c1-17-5-3-9-12(18-7-15-9)11(17)13-16-8-2-4-14-6-10(8)19-13/h11,14H,2-6H2,1H3. The molecule has 2 aromatic rings. The maximum Gasteiger partial charge on any atom is 0.152 e. The maximum atomic E-state index is 4.91. The zero-order valence-corrected chi connectivity index (χ0v) is 12.4. The van der Waals surface area contributed by atoms with Crippen molar-refractivity contribution in [1.82, 2.24) is 20.2 Å². The van der Waals surface area contributed by atoms with Gasteiger partial charge in [0.2, 0.25) is 0 Å². The fourth-order valence-electron chi connectivity index (χ4n) is 2.81. The van der Waals surface area contributed by atoms with E-state index in [1.165, 1.54) is 26.1 Å². The van der Waals surface area contributed by atoms with Crippen molar-refractivity contribution in [2.75, 3.05) is 20.1 Å². The van der Waals surface area contributed by atoms with Crippen molar-refractivity contribution < 1.29 is 0 Å². The first-order chi connectivity index (χ1) is 9.33. The van der Waals surface area contributed by atoms with Crippen LogP contribution in [0.3, 0.4) is 0 Å². The largest absolute Gasteiger partial charge is 0.311 e. The Bertz CT molecular complexity index is 580. The summed E-state index contributed by atoms with van der Waals surface area (Å²) in [6, 6.07) is 0.295. The molecule has 2 aromatic heterocycles. The molecule has 2 aliphatic heterocycles. The molecule has 1 atom stereocenters. The van der Waals surface area contributed by atoms with Crippen molar-refractivity contribution in [2.24, 2.45) is 0 Å². The molecule has 0 aromatic carbocycles. The number of hydrogen-bond acceptors (Lipinski definition) is 6. The van der Waals surface area contributed by atoms with Crippen LogP contribution in [0.4, 0.5) is 0 Å². The zero-order chi connectivity index (χ0) is 12.8. The van der Waals surface area contributed by atoms with Gasteiger partial charge < -0.3 is 5.32 Å². The molecule has 1 radical (unpaired) electrons. The van der Waals surface area contributed by atoms with Crippen LogP contribution >= 0.6 is 22.7 Å². The van der Waals surface area contributed by atoms with E-state index in [4.69, 9.17) is 4.98 Å². The molecule has 0 fully saturated rings. The SMILES string of the molecule is CN1CCc2n[c]sc2C1c1nc2c(s1)CNCC2. The van der Waals surface area contributed by atoms with E-state index in [0.717, 1.165) is 32.5 Å². The van der Waals surface area contributed by atoms with Crippen molar-refractivity contribution in [1.29, 1.82) is 0 Å². The number of nitrogens with one attached hydrogen (secondary N) is 1. The summed E-state index contributed by atoms with van der Waals surface area (Å²) in [4.78, 5) is 14.4. The lowest BCUT2D eigenvalue weighted by molar-refractivity contribution is 0.266. The summed E-state index contributed by atoms with van der Waals surface area (Å²) >= 11 is 3.51. The number of hydrogen-bond donors (Lipinski definition) is 1. The molecule has 0 spiro atoms. The number of thiazole rings is 2. The van der Waals surface area contributed by atoms with Gasteiger partial charge in [-0.1, -0.05) is 0 Å². The smallest absolute Gasteiger partial charge is 0.152 e. The maximum absolute atomic E-state index is 4.91. The molecule has 1 N–H and O–H groups in total. The number of nitrogens with zero attached hydrogens (tertiary/aromatic N) is 3. The fourth-order valence-corrected chi connectivity index (χ4v) is 5.06. The van der Waals surface area contributed by atoms with E-state index in [9.17, 15) is 0 Å². The highest BCUT2D eigenvalue weighted by atomic mass is 32.1. The third-order valence-corrected chi connectivity index (χ3v) is 5.88. The van der Waals surface area contributed by atoms with Crippen molar-refractivity contribution in [3.05, 3.63) is 31.7 Å². The van der Waals surface area contributed by atoms with E-state index in [-0.39, 0.29) is 0 Å². The molecule has 4 heterocycles. The molecule has 0 aliphatic carbocycles. The molecule has 0 amide bonds. The van der Waals surface area contributed by atoms with Gasteiger partial charge >= 0.3 is 0 Å². The van der Waals surface area contributed by atoms with Crippen LogP contribution in [0.25, 0.3) is 0 Å². The van der Waals surface area contributed by atoms with E-state index in [1.54, 1.807) is 11.3 Å². The van der Waals surface area contributed by atoms with Gasteiger partial charge in [-0.25, -0.2) is 9.97 Å². The van der Waals surface area contributed by atoms with Crippen molar-refractivity contribution in [3.63, 3.8) is 0 Å². The molecule has 99 valence electrons. The van der Waals surface area contributed by atoms with Crippen LogP contribution in [0.2, 0.25) is 0 Å². The molecule has 0 bridgehead atoms. The Morgan fingerprint density at radius 3 is 3.21 bits per heavy atom. The summed E-state index contributed by atoms with van der Waals surface area (Å²) in [5.41, 5.74) is 5.57. The number of rotatable bonds is 1. The highest BCUT2D eigenvalue weighted by Crippen LogP contribution is 2.39. The highest BCUT2D eigenvalue weighted by molar-refractivity contribution is 7.12. The Kier molecular flexibility index (Phi) is 2.91. The van der Waals surface area contributed by atoms with Gasteiger partial charge in [-0.05, 0) is 7.05 Å². The Balaban J connectivity index is 1.77. The zero-order valence-electron chi connectivity index (χ0n) is 10.8. The predicted molar refractivity (Wildman–Crippen MR) is 76.7 cm³/mol. The first-order valence-corrected chi connectivity index (χ1v) is 8.21. The third kappa shape index (κ3) is 1.94. The summed E-state index contributed by atoms with van der Waals surface area (Å²) in [6.45, 7) is 3.08. The second-order valence-corrected chi connectivity index (χ2v) is 7.04. The highest BCUT2D eigenvalue weighted by Gasteiger charge is 2.32. The first kappa shape index (κ1) is 12.0. The molecule has 6 heteroatoms. The van der Waals surface area contributed by atoms with Crippen LogP contribution in [-0.2, 0) is 19.4 Å². The van der Waals surface area contributed by atoms with Gasteiger partial charge in [0.15, 0.2) is 5.51 Å². The molecule has 2 aliphatic rings. The molecular formula is C13H15N4S2. The minimum Gasteiger partial charge on any atom is -0.311 e. The minimum atomic E-state index is 0.295.